The predicted octanol–water partition coefficient (Wildman–Crippen LogP) is 1.83. The van der Waals surface area contributed by atoms with E-state index in [0.717, 1.165) is 6.42 Å². The van der Waals surface area contributed by atoms with Gasteiger partial charge in [-0.15, -0.1) is 0 Å². The van der Waals surface area contributed by atoms with Crippen LogP contribution in [0.4, 0.5) is 0 Å². The Labute approximate surface area is 99.5 Å². The largest absolute Gasteiger partial charge is 0.497 e. The second-order valence-corrected chi connectivity index (χ2v) is 3.96. The number of carbonyl (C=O) groups excluding carboxylic acids is 2. The van der Waals surface area contributed by atoms with Crippen molar-refractivity contribution in [2.24, 2.45) is 5.92 Å². The highest BCUT2D eigenvalue weighted by Gasteiger charge is 2.31. The maximum absolute atomic E-state index is 12.1. The van der Waals surface area contributed by atoms with E-state index in [1.54, 1.807) is 31.4 Å². The SMILES string of the molecule is COc1cccc(C(=O)C2CCCOC2=O)c1. The normalized spacial score (nSPS) is 19.6. The van der Waals surface area contributed by atoms with Gasteiger partial charge in [0.2, 0.25) is 0 Å². The minimum Gasteiger partial charge on any atom is -0.497 e. The Morgan fingerprint density at radius 3 is 3.00 bits per heavy atom. The highest BCUT2D eigenvalue weighted by molar-refractivity contribution is 6.08. The van der Waals surface area contributed by atoms with Crippen molar-refractivity contribution < 1.29 is 19.1 Å². The molecule has 17 heavy (non-hydrogen) atoms. The van der Waals surface area contributed by atoms with Crippen molar-refractivity contribution in [1.82, 2.24) is 0 Å². The summed E-state index contributed by atoms with van der Waals surface area (Å²) in [6.45, 7) is 0.417. The van der Waals surface area contributed by atoms with E-state index in [1.807, 2.05) is 0 Å². The van der Waals surface area contributed by atoms with E-state index in [9.17, 15) is 9.59 Å². The maximum Gasteiger partial charge on any atom is 0.316 e. The molecule has 0 aromatic heterocycles. The van der Waals surface area contributed by atoms with Gasteiger partial charge in [0.15, 0.2) is 5.78 Å². The van der Waals surface area contributed by atoms with Crippen molar-refractivity contribution in [3.05, 3.63) is 29.8 Å². The molecule has 1 saturated heterocycles. The van der Waals surface area contributed by atoms with Crippen molar-refractivity contribution in [2.75, 3.05) is 13.7 Å². The van der Waals surface area contributed by atoms with Gasteiger partial charge in [0, 0.05) is 5.56 Å². The molecule has 0 radical (unpaired) electrons. The summed E-state index contributed by atoms with van der Waals surface area (Å²) in [5, 5.41) is 0. The summed E-state index contributed by atoms with van der Waals surface area (Å²) in [6, 6.07) is 6.83. The molecular weight excluding hydrogens is 220 g/mol. The zero-order valence-corrected chi connectivity index (χ0v) is 9.64. The molecule has 0 bridgehead atoms. The van der Waals surface area contributed by atoms with Crippen LogP contribution in [0.15, 0.2) is 24.3 Å². The van der Waals surface area contributed by atoms with Gasteiger partial charge in [0.25, 0.3) is 0 Å². The Bertz CT molecular complexity index is 439. The first-order chi connectivity index (χ1) is 8.22. The second kappa shape index (κ2) is 4.99. The lowest BCUT2D eigenvalue weighted by Gasteiger charge is -2.19. The van der Waals surface area contributed by atoms with Crippen molar-refractivity contribution in [1.29, 1.82) is 0 Å². The molecule has 90 valence electrons. The number of benzene rings is 1. The Balaban J connectivity index is 2.20. The monoisotopic (exact) mass is 234 g/mol. The van der Waals surface area contributed by atoms with E-state index >= 15 is 0 Å². The van der Waals surface area contributed by atoms with Gasteiger partial charge in [0.05, 0.1) is 13.7 Å². The van der Waals surface area contributed by atoms with Crippen LogP contribution in [0.25, 0.3) is 0 Å². The number of ketones is 1. The third kappa shape index (κ3) is 2.46. The molecule has 1 heterocycles. The number of carbonyl (C=O) groups is 2. The molecular formula is C13H14O4. The first-order valence-corrected chi connectivity index (χ1v) is 5.57. The minimum atomic E-state index is -0.657. The van der Waals surface area contributed by atoms with Crippen molar-refractivity contribution in [2.45, 2.75) is 12.8 Å². The summed E-state index contributed by atoms with van der Waals surface area (Å²) in [7, 11) is 1.54. The maximum atomic E-state index is 12.1. The molecule has 1 unspecified atom stereocenters. The topological polar surface area (TPSA) is 52.6 Å². The smallest absolute Gasteiger partial charge is 0.316 e. The zero-order valence-electron chi connectivity index (χ0n) is 9.64. The number of ether oxygens (including phenoxy) is 2. The highest BCUT2D eigenvalue weighted by atomic mass is 16.5. The summed E-state index contributed by atoms with van der Waals surface area (Å²) in [6.07, 6.45) is 1.31. The molecule has 1 aromatic rings. The molecule has 0 spiro atoms. The Kier molecular flexibility index (Phi) is 3.42. The van der Waals surface area contributed by atoms with Crippen LogP contribution in [0.3, 0.4) is 0 Å². The number of Topliss-reactive ketones (excluding diaryl/α,β-unsaturated/α-hetero) is 1. The molecule has 0 saturated carbocycles. The lowest BCUT2D eigenvalue weighted by atomic mass is 9.92. The Morgan fingerprint density at radius 1 is 1.47 bits per heavy atom. The highest BCUT2D eigenvalue weighted by Crippen LogP contribution is 2.22. The lowest BCUT2D eigenvalue weighted by Crippen LogP contribution is -2.30. The van der Waals surface area contributed by atoms with E-state index in [0.29, 0.717) is 24.3 Å². The molecule has 1 fully saturated rings. The van der Waals surface area contributed by atoms with Gasteiger partial charge in [-0.05, 0) is 25.0 Å². The molecule has 2 rings (SSSR count). The fraction of sp³-hybridized carbons (Fsp3) is 0.385. The Morgan fingerprint density at radius 2 is 2.29 bits per heavy atom. The van der Waals surface area contributed by atoms with Crippen molar-refractivity contribution >= 4 is 11.8 Å². The van der Waals surface area contributed by atoms with Gasteiger partial charge in [-0.25, -0.2) is 0 Å². The molecule has 4 nitrogen and oxygen atoms in total. The summed E-state index contributed by atoms with van der Waals surface area (Å²) < 4.78 is 9.95. The lowest BCUT2D eigenvalue weighted by molar-refractivity contribution is -0.150. The number of hydrogen-bond donors (Lipinski definition) is 0. The zero-order chi connectivity index (χ0) is 12.3. The van der Waals surface area contributed by atoms with Gasteiger partial charge in [-0.2, -0.15) is 0 Å². The van der Waals surface area contributed by atoms with Crippen LogP contribution in [0.1, 0.15) is 23.2 Å². The summed E-state index contributed by atoms with van der Waals surface area (Å²) >= 11 is 0. The van der Waals surface area contributed by atoms with Gasteiger partial charge in [-0.1, -0.05) is 12.1 Å². The standard InChI is InChI=1S/C13H14O4/c1-16-10-5-2-4-9(8-10)12(14)11-6-3-7-17-13(11)15/h2,4-5,8,11H,3,6-7H2,1H3. The number of cyclic esters (lactones) is 1. The molecule has 1 aliphatic rings. The fourth-order valence-corrected chi connectivity index (χ4v) is 1.89. The first kappa shape index (κ1) is 11.6. The van der Waals surface area contributed by atoms with Crippen LogP contribution in [-0.4, -0.2) is 25.5 Å². The molecule has 4 heteroatoms. The average Bonchev–Trinajstić information content (AvgIpc) is 2.38. The van der Waals surface area contributed by atoms with E-state index in [2.05, 4.69) is 0 Å². The third-order valence-corrected chi connectivity index (χ3v) is 2.84. The van der Waals surface area contributed by atoms with Gasteiger partial charge in [-0.3, -0.25) is 9.59 Å². The number of methoxy groups -OCH3 is 1. The molecule has 1 aliphatic heterocycles. The molecule has 0 aliphatic carbocycles. The van der Waals surface area contributed by atoms with Crippen LogP contribution in [0.2, 0.25) is 0 Å². The molecule has 0 amide bonds. The fourth-order valence-electron chi connectivity index (χ4n) is 1.89. The minimum absolute atomic E-state index is 0.186. The van der Waals surface area contributed by atoms with Gasteiger partial charge in [0.1, 0.15) is 11.7 Å². The predicted molar refractivity (Wildman–Crippen MR) is 61.0 cm³/mol. The average molecular weight is 234 g/mol. The number of hydrogen-bond acceptors (Lipinski definition) is 4. The van der Waals surface area contributed by atoms with Crippen molar-refractivity contribution in [3.63, 3.8) is 0 Å². The molecule has 1 atom stereocenters. The van der Waals surface area contributed by atoms with Crippen LogP contribution < -0.4 is 4.74 Å². The second-order valence-electron chi connectivity index (χ2n) is 3.96. The van der Waals surface area contributed by atoms with E-state index in [4.69, 9.17) is 9.47 Å². The number of esters is 1. The quantitative estimate of drug-likeness (QED) is 0.455. The van der Waals surface area contributed by atoms with E-state index in [1.165, 1.54) is 0 Å². The summed E-state index contributed by atoms with van der Waals surface area (Å²) in [5.74, 6) is -0.645. The van der Waals surface area contributed by atoms with Gasteiger partial charge >= 0.3 is 5.97 Å². The molecule has 1 aromatic carbocycles. The third-order valence-electron chi connectivity index (χ3n) is 2.84. The van der Waals surface area contributed by atoms with Crippen LogP contribution >= 0.6 is 0 Å². The van der Waals surface area contributed by atoms with E-state index in [-0.39, 0.29) is 5.78 Å². The van der Waals surface area contributed by atoms with Crippen LogP contribution in [0.5, 0.6) is 5.75 Å². The van der Waals surface area contributed by atoms with Crippen molar-refractivity contribution in [3.8, 4) is 5.75 Å². The van der Waals surface area contributed by atoms with Gasteiger partial charge < -0.3 is 9.47 Å². The first-order valence-electron chi connectivity index (χ1n) is 5.57. The number of rotatable bonds is 3. The van der Waals surface area contributed by atoms with Crippen LogP contribution in [-0.2, 0) is 9.53 Å². The summed E-state index contributed by atoms with van der Waals surface area (Å²) in [4.78, 5) is 23.6. The van der Waals surface area contributed by atoms with Crippen LogP contribution in [0, 0.1) is 5.92 Å². The van der Waals surface area contributed by atoms with E-state index < -0.39 is 11.9 Å². The summed E-state index contributed by atoms with van der Waals surface area (Å²) in [5.41, 5.74) is 0.494. The molecule has 0 N–H and O–H groups in total. The Hall–Kier alpha value is -1.84.